The first kappa shape index (κ1) is 15.8. The molecular weight excluding hydrogens is 262 g/mol. The van der Waals surface area contributed by atoms with E-state index in [2.05, 4.69) is 5.32 Å². The second-order valence-electron chi connectivity index (χ2n) is 5.01. The fraction of sp³-hybridized carbons (Fsp3) is 0.615. The van der Waals surface area contributed by atoms with Crippen molar-refractivity contribution in [3.05, 3.63) is 18.0 Å². The number of anilines is 1. The predicted molar refractivity (Wildman–Crippen MR) is 79.7 cm³/mol. The molecular formula is C13H23N3O2S. The SMILES string of the molecule is CC(C)n1cc(N)cc1C(=O)NCCC(C)S(C)=O. The number of hydrogen-bond acceptors (Lipinski definition) is 3. The normalized spacial score (nSPS) is 14.4. The molecule has 3 N–H and O–H groups in total. The van der Waals surface area contributed by atoms with Crippen molar-refractivity contribution in [3.63, 3.8) is 0 Å². The smallest absolute Gasteiger partial charge is 0.267 e. The molecule has 0 bridgehead atoms. The number of amides is 1. The van der Waals surface area contributed by atoms with E-state index in [9.17, 15) is 9.00 Å². The number of nitrogens with one attached hydrogen (secondary N) is 1. The maximum atomic E-state index is 12.1. The van der Waals surface area contributed by atoms with Gasteiger partial charge in [-0.05, 0) is 26.3 Å². The first-order valence-electron chi connectivity index (χ1n) is 6.40. The fourth-order valence-electron chi connectivity index (χ4n) is 1.76. The van der Waals surface area contributed by atoms with Gasteiger partial charge < -0.3 is 15.6 Å². The molecule has 2 atom stereocenters. The zero-order valence-electron chi connectivity index (χ0n) is 12.0. The minimum absolute atomic E-state index is 0.0854. The van der Waals surface area contributed by atoms with Crippen molar-refractivity contribution in [2.75, 3.05) is 18.5 Å². The summed E-state index contributed by atoms with van der Waals surface area (Å²) in [5.41, 5.74) is 6.88. The molecule has 19 heavy (non-hydrogen) atoms. The van der Waals surface area contributed by atoms with Crippen LogP contribution in [0, 0.1) is 0 Å². The first-order chi connectivity index (χ1) is 8.82. The van der Waals surface area contributed by atoms with Crippen LogP contribution in [0.2, 0.25) is 0 Å². The van der Waals surface area contributed by atoms with Crippen LogP contribution in [0.3, 0.4) is 0 Å². The Kier molecular flexibility index (Phi) is 5.60. The average Bonchev–Trinajstić information content (AvgIpc) is 2.71. The molecule has 0 spiro atoms. The van der Waals surface area contributed by atoms with Gasteiger partial charge in [-0.3, -0.25) is 9.00 Å². The molecule has 6 heteroatoms. The summed E-state index contributed by atoms with van der Waals surface area (Å²) in [6.07, 6.45) is 4.15. The molecule has 0 saturated carbocycles. The van der Waals surface area contributed by atoms with Gasteiger partial charge in [-0.1, -0.05) is 6.92 Å². The zero-order chi connectivity index (χ0) is 14.6. The van der Waals surface area contributed by atoms with Gasteiger partial charge in [0, 0.05) is 41.1 Å². The summed E-state index contributed by atoms with van der Waals surface area (Å²) in [6.45, 7) is 6.43. The topological polar surface area (TPSA) is 77.1 Å². The molecule has 0 saturated heterocycles. The molecule has 1 aromatic heterocycles. The summed E-state index contributed by atoms with van der Waals surface area (Å²) in [4.78, 5) is 12.1. The Labute approximate surface area is 117 Å². The summed E-state index contributed by atoms with van der Waals surface area (Å²) in [5.74, 6) is -0.139. The van der Waals surface area contributed by atoms with E-state index >= 15 is 0 Å². The number of rotatable bonds is 6. The van der Waals surface area contributed by atoms with Gasteiger partial charge in [-0.2, -0.15) is 0 Å². The largest absolute Gasteiger partial charge is 0.397 e. The van der Waals surface area contributed by atoms with Crippen LogP contribution >= 0.6 is 0 Å². The number of carbonyl (C=O) groups is 1. The third kappa shape index (κ3) is 4.38. The molecule has 0 radical (unpaired) electrons. The molecule has 0 aliphatic rings. The third-order valence-electron chi connectivity index (χ3n) is 3.06. The first-order valence-corrected chi connectivity index (χ1v) is 8.02. The lowest BCUT2D eigenvalue weighted by Crippen LogP contribution is -2.29. The average molecular weight is 285 g/mol. The van der Waals surface area contributed by atoms with Gasteiger partial charge in [0.15, 0.2) is 0 Å². The molecule has 1 aromatic rings. The van der Waals surface area contributed by atoms with Crippen LogP contribution in [0.25, 0.3) is 0 Å². The number of nitrogens with zero attached hydrogens (tertiary/aromatic N) is 1. The monoisotopic (exact) mass is 285 g/mol. The van der Waals surface area contributed by atoms with Crippen LogP contribution < -0.4 is 11.1 Å². The van der Waals surface area contributed by atoms with Gasteiger partial charge in [-0.15, -0.1) is 0 Å². The second-order valence-corrected chi connectivity index (χ2v) is 6.82. The molecule has 1 amide bonds. The van der Waals surface area contributed by atoms with Crippen molar-refractivity contribution < 1.29 is 9.00 Å². The van der Waals surface area contributed by atoms with Crippen LogP contribution in [0.1, 0.15) is 43.7 Å². The van der Waals surface area contributed by atoms with E-state index in [4.69, 9.17) is 5.73 Å². The maximum absolute atomic E-state index is 12.1. The highest BCUT2D eigenvalue weighted by Crippen LogP contribution is 2.16. The minimum Gasteiger partial charge on any atom is -0.397 e. The van der Waals surface area contributed by atoms with E-state index in [0.717, 1.165) is 0 Å². The quantitative estimate of drug-likeness (QED) is 0.832. The summed E-state index contributed by atoms with van der Waals surface area (Å²) in [7, 11) is -0.854. The van der Waals surface area contributed by atoms with Crippen LogP contribution in [-0.2, 0) is 10.8 Å². The van der Waals surface area contributed by atoms with Crippen molar-refractivity contribution in [2.45, 2.75) is 38.5 Å². The minimum atomic E-state index is -0.854. The van der Waals surface area contributed by atoms with E-state index in [1.165, 1.54) is 0 Å². The summed E-state index contributed by atoms with van der Waals surface area (Å²) >= 11 is 0. The maximum Gasteiger partial charge on any atom is 0.267 e. The van der Waals surface area contributed by atoms with E-state index < -0.39 is 10.8 Å². The Hall–Kier alpha value is -1.30. The summed E-state index contributed by atoms with van der Waals surface area (Å²) < 4.78 is 13.1. The van der Waals surface area contributed by atoms with Crippen molar-refractivity contribution in [1.82, 2.24) is 9.88 Å². The highest BCUT2D eigenvalue weighted by Gasteiger charge is 2.15. The molecule has 1 heterocycles. The number of nitrogen functional groups attached to an aromatic ring is 1. The summed E-state index contributed by atoms with van der Waals surface area (Å²) in [6, 6.07) is 1.86. The zero-order valence-corrected chi connectivity index (χ0v) is 12.8. The Morgan fingerprint density at radius 2 is 2.11 bits per heavy atom. The summed E-state index contributed by atoms with van der Waals surface area (Å²) in [5, 5.41) is 2.93. The van der Waals surface area contributed by atoms with Crippen molar-refractivity contribution >= 4 is 22.4 Å². The van der Waals surface area contributed by atoms with E-state index in [0.29, 0.717) is 24.3 Å². The number of carbonyl (C=O) groups excluding carboxylic acids is 1. The molecule has 1 rings (SSSR count). The van der Waals surface area contributed by atoms with E-state index in [1.54, 1.807) is 18.5 Å². The Morgan fingerprint density at radius 1 is 1.47 bits per heavy atom. The standard InChI is InChI=1S/C13H23N3O2S/c1-9(2)16-8-11(14)7-12(16)13(17)15-6-5-10(3)19(4)18/h7-10H,5-6,14H2,1-4H3,(H,15,17). The van der Waals surface area contributed by atoms with E-state index in [-0.39, 0.29) is 17.2 Å². The van der Waals surface area contributed by atoms with Crippen molar-refractivity contribution in [1.29, 1.82) is 0 Å². The molecule has 2 unspecified atom stereocenters. The van der Waals surface area contributed by atoms with Crippen LogP contribution in [0.5, 0.6) is 0 Å². The van der Waals surface area contributed by atoms with Crippen molar-refractivity contribution in [3.8, 4) is 0 Å². The van der Waals surface area contributed by atoms with Crippen LogP contribution in [-0.4, -0.2) is 32.7 Å². The number of aromatic nitrogens is 1. The van der Waals surface area contributed by atoms with Crippen LogP contribution in [0.4, 0.5) is 5.69 Å². The highest BCUT2D eigenvalue weighted by atomic mass is 32.2. The number of hydrogen-bond donors (Lipinski definition) is 2. The van der Waals surface area contributed by atoms with Crippen LogP contribution in [0.15, 0.2) is 12.3 Å². The lowest BCUT2D eigenvalue weighted by Gasteiger charge is -2.13. The van der Waals surface area contributed by atoms with E-state index in [1.807, 2.05) is 25.3 Å². The van der Waals surface area contributed by atoms with Gasteiger partial charge in [-0.25, -0.2) is 0 Å². The second kappa shape index (κ2) is 6.75. The third-order valence-corrected chi connectivity index (χ3v) is 4.43. The number of nitrogens with two attached hydrogens (primary N) is 1. The molecule has 5 nitrogen and oxygen atoms in total. The predicted octanol–water partition coefficient (Wildman–Crippen LogP) is 1.54. The van der Waals surface area contributed by atoms with Gasteiger partial charge in [0.25, 0.3) is 5.91 Å². The highest BCUT2D eigenvalue weighted by molar-refractivity contribution is 7.84. The fourth-order valence-corrected chi connectivity index (χ4v) is 2.21. The Balaban J connectivity index is 2.61. The molecule has 0 aromatic carbocycles. The van der Waals surface area contributed by atoms with Gasteiger partial charge in [0.05, 0.1) is 5.69 Å². The lowest BCUT2D eigenvalue weighted by molar-refractivity contribution is 0.0942. The van der Waals surface area contributed by atoms with Gasteiger partial charge in [0.1, 0.15) is 5.69 Å². The Bertz CT molecular complexity index is 468. The molecule has 0 aliphatic carbocycles. The van der Waals surface area contributed by atoms with Gasteiger partial charge >= 0.3 is 0 Å². The molecule has 108 valence electrons. The lowest BCUT2D eigenvalue weighted by atomic mass is 10.3. The Morgan fingerprint density at radius 3 is 2.63 bits per heavy atom. The molecule has 0 aliphatic heterocycles. The van der Waals surface area contributed by atoms with Crippen molar-refractivity contribution in [2.24, 2.45) is 0 Å². The molecule has 0 fully saturated rings. The van der Waals surface area contributed by atoms with Gasteiger partial charge in [0.2, 0.25) is 0 Å².